The predicted octanol–water partition coefficient (Wildman–Crippen LogP) is 2.48. The first-order valence-electron chi connectivity index (χ1n) is 7.73. The van der Waals surface area contributed by atoms with Gasteiger partial charge in [0, 0.05) is 36.0 Å². The van der Waals surface area contributed by atoms with Crippen molar-refractivity contribution in [3.05, 3.63) is 35.9 Å². The van der Waals surface area contributed by atoms with E-state index in [9.17, 15) is 8.42 Å². The standard InChI is InChI=1S/C17H25N3O2S/c1-13(2)16-14(11-18)7-5-8-15(16)23(21,22)20-10-6-9-19-17(3,4)12-20/h5,7-8,11,18-19H,1,6,9-10,12H2,2-4H3. The van der Waals surface area contributed by atoms with E-state index in [2.05, 4.69) is 11.9 Å². The van der Waals surface area contributed by atoms with Crippen molar-refractivity contribution in [3.63, 3.8) is 0 Å². The molecule has 0 saturated carbocycles. The highest BCUT2D eigenvalue weighted by atomic mass is 32.2. The van der Waals surface area contributed by atoms with E-state index in [4.69, 9.17) is 5.41 Å². The predicted molar refractivity (Wildman–Crippen MR) is 94.5 cm³/mol. The smallest absolute Gasteiger partial charge is 0.243 e. The van der Waals surface area contributed by atoms with E-state index in [-0.39, 0.29) is 10.4 Å². The van der Waals surface area contributed by atoms with Gasteiger partial charge in [0.15, 0.2) is 0 Å². The van der Waals surface area contributed by atoms with Crippen LogP contribution in [0, 0.1) is 5.41 Å². The molecule has 6 heteroatoms. The first-order valence-corrected chi connectivity index (χ1v) is 9.17. The van der Waals surface area contributed by atoms with Crippen molar-refractivity contribution in [2.45, 2.75) is 37.6 Å². The van der Waals surface area contributed by atoms with Gasteiger partial charge in [-0.3, -0.25) is 0 Å². The molecule has 0 amide bonds. The maximum atomic E-state index is 13.2. The Labute approximate surface area is 139 Å². The average Bonchev–Trinajstić information content (AvgIpc) is 2.67. The lowest BCUT2D eigenvalue weighted by Crippen LogP contribution is -2.48. The normalized spacial score (nSPS) is 19.1. The third-order valence-corrected chi connectivity index (χ3v) is 5.91. The van der Waals surface area contributed by atoms with Crippen molar-refractivity contribution in [1.82, 2.24) is 9.62 Å². The van der Waals surface area contributed by atoms with Crippen LogP contribution in [0.5, 0.6) is 0 Å². The third kappa shape index (κ3) is 3.71. The number of sulfonamides is 1. The Morgan fingerprint density at radius 3 is 2.74 bits per heavy atom. The van der Waals surface area contributed by atoms with E-state index in [1.54, 1.807) is 29.4 Å². The highest BCUT2D eigenvalue weighted by Crippen LogP contribution is 2.29. The summed E-state index contributed by atoms with van der Waals surface area (Å²) in [6.07, 6.45) is 1.95. The summed E-state index contributed by atoms with van der Waals surface area (Å²) in [4.78, 5) is 0.240. The Bertz CT molecular complexity index is 723. The number of allylic oxidation sites excluding steroid dienone is 1. The van der Waals surface area contributed by atoms with Crippen molar-refractivity contribution in [3.8, 4) is 0 Å². The van der Waals surface area contributed by atoms with E-state index in [1.807, 2.05) is 13.8 Å². The Kier molecular flexibility index (Phi) is 5.08. The number of hydrogen-bond acceptors (Lipinski definition) is 4. The molecule has 1 aromatic carbocycles. The second-order valence-corrected chi connectivity index (χ2v) is 8.55. The van der Waals surface area contributed by atoms with Crippen LogP contribution in [0.25, 0.3) is 5.57 Å². The van der Waals surface area contributed by atoms with Gasteiger partial charge in [0.1, 0.15) is 0 Å². The third-order valence-electron chi connectivity index (χ3n) is 4.02. The van der Waals surface area contributed by atoms with E-state index >= 15 is 0 Å². The lowest BCUT2D eigenvalue weighted by Gasteiger charge is -2.30. The molecule has 0 unspecified atom stereocenters. The van der Waals surface area contributed by atoms with Gasteiger partial charge in [-0.05, 0) is 45.4 Å². The number of rotatable bonds is 4. The highest BCUT2D eigenvalue weighted by molar-refractivity contribution is 7.89. The maximum Gasteiger partial charge on any atom is 0.243 e. The summed E-state index contributed by atoms with van der Waals surface area (Å²) in [5.74, 6) is 0. The largest absolute Gasteiger partial charge is 0.310 e. The van der Waals surface area contributed by atoms with Crippen LogP contribution < -0.4 is 5.32 Å². The lowest BCUT2D eigenvalue weighted by molar-refractivity contribution is 0.326. The van der Waals surface area contributed by atoms with Crippen molar-refractivity contribution >= 4 is 21.8 Å². The molecule has 1 saturated heterocycles. The zero-order valence-electron chi connectivity index (χ0n) is 14.0. The molecular formula is C17H25N3O2S. The van der Waals surface area contributed by atoms with Crippen LogP contribution in [0.4, 0.5) is 0 Å². The highest BCUT2D eigenvalue weighted by Gasteiger charge is 2.33. The van der Waals surface area contributed by atoms with Crippen LogP contribution >= 0.6 is 0 Å². The van der Waals surface area contributed by atoms with Crippen molar-refractivity contribution in [2.24, 2.45) is 0 Å². The molecule has 0 spiro atoms. The number of hydrogen-bond donors (Lipinski definition) is 2. The van der Waals surface area contributed by atoms with E-state index in [0.29, 0.717) is 29.8 Å². The Balaban J connectivity index is 2.55. The van der Waals surface area contributed by atoms with Gasteiger partial charge in [-0.2, -0.15) is 4.31 Å². The molecule has 1 aromatic rings. The lowest BCUT2D eigenvalue weighted by atomic mass is 10.0. The van der Waals surface area contributed by atoms with Crippen LogP contribution in [0.2, 0.25) is 0 Å². The molecule has 1 heterocycles. The van der Waals surface area contributed by atoms with Crippen LogP contribution in [0.1, 0.15) is 38.3 Å². The summed E-state index contributed by atoms with van der Waals surface area (Å²) >= 11 is 0. The summed E-state index contributed by atoms with van der Waals surface area (Å²) in [5.41, 5.74) is 1.49. The molecule has 1 aliphatic rings. The minimum atomic E-state index is -3.64. The van der Waals surface area contributed by atoms with E-state index in [0.717, 1.165) is 13.0 Å². The first-order chi connectivity index (χ1) is 10.7. The summed E-state index contributed by atoms with van der Waals surface area (Å²) in [5, 5.41) is 10.9. The molecule has 2 N–H and O–H groups in total. The summed E-state index contributed by atoms with van der Waals surface area (Å²) in [6.45, 7) is 11.4. The second kappa shape index (κ2) is 6.55. The fourth-order valence-electron chi connectivity index (χ4n) is 2.94. The Hall–Kier alpha value is -1.50. The maximum absolute atomic E-state index is 13.2. The molecular weight excluding hydrogens is 310 g/mol. The topological polar surface area (TPSA) is 73.3 Å². The molecule has 0 bridgehead atoms. The SMILES string of the molecule is C=C(C)c1c(C=N)cccc1S(=O)(=O)N1CCCNC(C)(C)C1. The van der Waals surface area contributed by atoms with Gasteiger partial charge in [-0.1, -0.05) is 18.7 Å². The van der Waals surface area contributed by atoms with Crippen molar-refractivity contribution < 1.29 is 8.42 Å². The van der Waals surface area contributed by atoms with E-state index in [1.165, 1.54) is 6.21 Å². The van der Waals surface area contributed by atoms with Crippen LogP contribution in [-0.2, 0) is 10.0 Å². The van der Waals surface area contributed by atoms with Crippen molar-refractivity contribution in [2.75, 3.05) is 19.6 Å². The van der Waals surface area contributed by atoms with Crippen LogP contribution in [-0.4, -0.2) is 44.1 Å². The van der Waals surface area contributed by atoms with Crippen LogP contribution in [0.15, 0.2) is 29.7 Å². The van der Waals surface area contributed by atoms with Gasteiger partial charge < -0.3 is 10.7 Å². The molecule has 126 valence electrons. The zero-order valence-corrected chi connectivity index (χ0v) is 14.8. The average molecular weight is 335 g/mol. The molecule has 23 heavy (non-hydrogen) atoms. The quantitative estimate of drug-likeness (QED) is 0.830. The van der Waals surface area contributed by atoms with E-state index < -0.39 is 10.0 Å². The van der Waals surface area contributed by atoms with Gasteiger partial charge in [-0.25, -0.2) is 8.42 Å². The molecule has 0 aromatic heterocycles. The molecule has 0 radical (unpaired) electrons. The molecule has 2 rings (SSSR count). The van der Waals surface area contributed by atoms with Gasteiger partial charge in [0.2, 0.25) is 10.0 Å². The number of nitrogens with zero attached hydrogens (tertiary/aromatic N) is 1. The number of benzene rings is 1. The van der Waals surface area contributed by atoms with Gasteiger partial charge in [0.25, 0.3) is 0 Å². The first kappa shape index (κ1) is 17.8. The fourth-order valence-corrected chi connectivity index (χ4v) is 4.88. The van der Waals surface area contributed by atoms with Gasteiger partial charge >= 0.3 is 0 Å². The molecule has 5 nitrogen and oxygen atoms in total. The van der Waals surface area contributed by atoms with Crippen LogP contribution in [0.3, 0.4) is 0 Å². The number of nitrogens with one attached hydrogen (secondary N) is 2. The second-order valence-electron chi connectivity index (χ2n) is 6.65. The molecule has 1 fully saturated rings. The van der Waals surface area contributed by atoms with Gasteiger partial charge in [-0.15, -0.1) is 0 Å². The molecule has 0 aliphatic carbocycles. The minimum absolute atomic E-state index is 0.240. The Morgan fingerprint density at radius 2 is 2.13 bits per heavy atom. The minimum Gasteiger partial charge on any atom is -0.310 e. The van der Waals surface area contributed by atoms with Crippen molar-refractivity contribution in [1.29, 1.82) is 5.41 Å². The molecule has 0 atom stereocenters. The Morgan fingerprint density at radius 1 is 1.43 bits per heavy atom. The zero-order chi connectivity index (χ0) is 17.3. The monoisotopic (exact) mass is 335 g/mol. The molecule has 1 aliphatic heterocycles. The summed E-state index contributed by atoms with van der Waals surface area (Å²) in [7, 11) is -3.64. The summed E-state index contributed by atoms with van der Waals surface area (Å²) in [6, 6.07) is 5.03. The summed E-state index contributed by atoms with van der Waals surface area (Å²) < 4.78 is 28.0. The fraction of sp³-hybridized carbons (Fsp3) is 0.471. The van der Waals surface area contributed by atoms with Gasteiger partial charge in [0.05, 0.1) is 4.90 Å².